The Morgan fingerprint density at radius 2 is 0.753 bits per heavy atom. The first kappa shape index (κ1) is 42.6. The highest BCUT2D eigenvalue weighted by Gasteiger charge is 2.26. The summed E-state index contributed by atoms with van der Waals surface area (Å²) in [6.45, 7) is 0. The zero-order chi connectivity index (χ0) is 50.3. The van der Waals surface area contributed by atoms with Crippen LogP contribution in [0.5, 0.6) is 0 Å². The molecule has 17 aromatic rings. The molecule has 0 fully saturated rings. The van der Waals surface area contributed by atoms with Crippen molar-refractivity contribution in [2.24, 2.45) is 0 Å². The van der Waals surface area contributed by atoms with Gasteiger partial charge in [0.2, 0.25) is 0 Å². The highest BCUT2D eigenvalue weighted by Crippen LogP contribution is 2.48. The van der Waals surface area contributed by atoms with E-state index in [1.165, 1.54) is 40.3 Å². The summed E-state index contributed by atoms with van der Waals surface area (Å²) in [4.78, 5) is 16.3. The fraction of sp³-hybridized carbons (Fsp3) is 0. The SMILES string of the molecule is c1ccc(-c2cc(-c3nc(-c4ccc5c(c4)sc4ccccc45)nc(-c4ccc5c(c4)sc4ccccc45)n3)cc(-c3ccccc3)c2-n2c3ccccc3c3c4oc5c(ccc6c7ccccc7oc65)c4ccc32)cc1. The van der Waals surface area contributed by atoms with E-state index in [9.17, 15) is 0 Å². The number of para-hydroxylation sites is 2. The molecule has 0 radical (unpaired) electrons. The van der Waals surface area contributed by atoms with Gasteiger partial charge >= 0.3 is 0 Å². The van der Waals surface area contributed by atoms with Crippen molar-refractivity contribution >= 4 is 129 Å². The number of hydrogen-bond donors (Lipinski definition) is 0. The van der Waals surface area contributed by atoms with Crippen LogP contribution in [0, 0.1) is 0 Å². The molecule has 0 aliphatic heterocycles. The number of thiophene rings is 2. The third kappa shape index (κ3) is 6.43. The van der Waals surface area contributed by atoms with Gasteiger partial charge in [0.15, 0.2) is 28.6 Å². The molecule has 6 nitrogen and oxygen atoms in total. The lowest BCUT2D eigenvalue weighted by Crippen LogP contribution is -2.04. The van der Waals surface area contributed by atoms with Crippen LogP contribution in [0.4, 0.5) is 0 Å². The molecule has 17 rings (SSSR count). The monoisotopic (exact) mass is 1020 g/mol. The Labute approximate surface area is 447 Å². The summed E-state index contributed by atoms with van der Waals surface area (Å²) in [5.74, 6) is 1.82. The quantitative estimate of drug-likeness (QED) is 0.166. The van der Waals surface area contributed by atoms with Gasteiger partial charge in [0.05, 0.1) is 22.1 Å². The normalized spacial score (nSPS) is 12.2. The molecule has 0 unspecified atom stereocenters. The summed E-state index contributed by atoms with van der Waals surface area (Å²) >= 11 is 3.59. The van der Waals surface area contributed by atoms with Crippen molar-refractivity contribution in [1.82, 2.24) is 19.5 Å². The maximum Gasteiger partial charge on any atom is 0.178 e. The largest absolute Gasteiger partial charge is 0.452 e. The summed E-state index contributed by atoms with van der Waals surface area (Å²) in [5.41, 5.74) is 13.2. The topological polar surface area (TPSA) is 69.9 Å². The molecule has 0 atom stereocenters. The van der Waals surface area contributed by atoms with Crippen molar-refractivity contribution in [1.29, 1.82) is 0 Å². The van der Waals surface area contributed by atoms with Crippen LogP contribution in [0.1, 0.15) is 0 Å². The van der Waals surface area contributed by atoms with E-state index in [1.54, 1.807) is 22.7 Å². The van der Waals surface area contributed by atoms with Gasteiger partial charge in [-0.2, -0.15) is 0 Å². The van der Waals surface area contributed by atoms with Crippen molar-refractivity contribution in [3.05, 3.63) is 231 Å². The first-order valence-corrected chi connectivity index (χ1v) is 27.4. The van der Waals surface area contributed by atoms with Crippen molar-refractivity contribution in [2.45, 2.75) is 0 Å². The van der Waals surface area contributed by atoms with Crippen LogP contribution in [0.15, 0.2) is 239 Å². The van der Waals surface area contributed by atoms with Crippen LogP contribution in [0.2, 0.25) is 0 Å². The summed E-state index contributed by atoms with van der Waals surface area (Å²) in [6.07, 6.45) is 0. The van der Waals surface area contributed by atoms with Gasteiger partial charge in [-0.15, -0.1) is 22.7 Å². The molecule has 77 heavy (non-hydrogen) atoms. The van der Waals surface area contributed by atoms with E-state index < -0.39 is 0 Å². The van der Waals surface area contributed by atoms with Crippen molar-refractivity contribution in [2.75, 3.05) is 0 Å². The molecule has 0 N–H and O–H groups in total. The number of nitrogens with zero attached hydrogens (tertiary/aromatic N) is 4. The zero-order valence-corrected chi connectivity index (χ0v) is 42.5. The van der Waals surface area contributed by atoms with Gasteiger partial charge < -0.3 is 13.4 Å². The fourth-order valence-electron chi connectivity index (χ4n) is 11.9. The Bertz CT molecular complexity index is 5100. The summed E-state index contributed by atoms with van der Waals surface area (Å²) in [6, 6.07) is 82.2. The third-order valence-electron chi connectivity index (χ3n) is 15.5. The van der Waals surface area contributed by atoms with Crippen molar-refractivity contribution < 1.29 is 8.83 Å². The molecule has 0 amide bonds. The predicted octanol–water partition coefficient (Wildman–Crippen LogP) is 19.8. The Hall–Kier alpha value is -9.73. The van der Waals surface area contributed by atoms with Gasteiger partial charge in [0, 0.05) is 95.1 Å². The molecule has 0 bridgehead atoms. The van der Waals surface area contributed by atoms with Gasteiger partial charge in [-0.25, -0.2) is 15.0 Å². The van der Waals surface area contributed by atoms with E-state index in [-0.39, 0.29) is 0 Å². The highest BCUT2D eigenvalue weighted by atomic mass is 32.1. The van der Waals surface area contributed by atoms with Crippen molar-refractivity contribution in [3.8, 4) is 62.1 Å². The minimum Gasteiger partial charge on any atom is -0.452 e. The molecule has 0 spiro atoms. The van der Waals surface area contributed by atoms with Crippen LogP contribution in [-0.2, 0) is 0 Å². The Balaban J connectivity index is 0.940. The average Bonchev–Trinajstić information content (AvgIpc) is 4.52. The zero-order valence-electron chi connectivity index (χ0n) is 40.9. The van der Waals surface area contributed by atoms with Crippen LogP contribution in [0.3, 0.4) is 0 Å². The molecule has 8 heteroatoms. The predicted molar refractivity (Wildman–Crippen MR) is 322 cm³/mol. The minimum absolute atomic E-state index is 0.585. The third-order valence-corrected chi connectivity index (χ3v) is 17.7. The van der Waals surface area contributed by atoms with Crippen molar-refractivity contribution in [3.63, 3.8) is 0 Å². The second-order valence-electron chi connectivity index (χ2n) is 19.8. The van der Waals surface area contributed by atoms with E-state index in [0.29, 0.717) is 17.5 Å². The molecule has 0 saturated heterocycles. The maximum atomic E-state index is 7.12. The Kier molecular flexibility index (Phi) is 9.07. The van der Waals surface area contributed by atoms with E-state index >= 15 is 0 Å². The lowest BCUT2D eigenvalue weighted by atomic mass is 9.92. The first-order chi connectivity index (χ1) is 38.1. The second kappa shape index (κ2) is 16.4. The van der Waals surface area contributed by atoms with Gasteiger partial charge in [-0.1, -0.05) is 158 Å². The second-order valence-corrected chi connectivity index (χ2v) is 22.0. The standard InChI is InChI=1S/C69H38N4O2S2/c1-3-15-39(16-4-1)53-35-43(69-71-67(41-27-29-47-45-20-9-13-25-58(45)76-60(47)37-41)70-68(72-69)42-28-30-48-46-21-10-14-26-59(46)77-61(48)38-42)36-54(40-17-5-2-6-18-40)63(53)73-55-23-11-7-22-52(55)62-56(73)34-33-50-51-32-31-49-44-19-8-12-24-57(44)74-65(49)66(51)75-64(50)62/h1-38H. The smallest absolute Gasteiger partial charge is 0.178 e. The fourth-order valence-corrected chi connectivity index (χ4v) is 14.2. The molecule has 6 heterocycles. The van der Waals surface area contributed by atoms with E-state index in [1.807, 2.05) is 12.1 Å². The van der Waals surface area contributed by atoms with Crippen LogP contribution < -0.4 is 0 Å². The molecule has 358 valence electrons. The summed E-state index contributed by atoms with van der Waals surface area (Å²) < 4.78 is 21.0. The molecule has 0 saturated carbocycles. The number of fused-ring (bicyclic) bond motifs is 17. The molecular formula is C69H38N4O2S2. The highest BCUT2D eigenvalue weighted by molar-refractivity contribution is 7.26. The molecule has 0 aliphatic rings. The molecule has 6 aromatic heterocycles. The van der Waals surface area contributed by atoms with Gasteiger partial charge in [0.1, 0.15) is 11.2 Å². The van der Waals surface area contributed by atoms with Gasteiger partial charge in [-0.3, -0.25) is 0 Å². The van der Waals surface area contributed by atoms with Gasteiger partial charge in [-0.05, 0) is 83.9 Å². The van der Waals surface area contributed by atoms with E-state index in [4.69, 9.17) is 23.8 Å². The number of aromatic nitrogens is 4. The summed E-state index contributed by atoms with van der Waals surface area (Å²) in [5, 5.41) is 11.3. The Morgan fingerprint density at radius 3 is 1.38 bits per heavy atom. The molecular weight excluding hydrogens is 981 g/mol. The van der Waals surface area contributed by atoms with E-state index in [2.05, 4.69) is 223 Å². The van der Waals surface area contributed by atoms with Crippen LogP contribution >= 0.6 is 22.7 Å². The number of furan rings is 2. The van der Waals surface area contributed by atoms with Gasteiger partial charge in [0.25, 0.3) is 0 Å². The van der Waals surface area contributed by atoms with E-state index in [0.717, 1.165) is 110 Å². The number of rotatable bonds is 6. The minimum atomic E-state index is 0.585. The first-order valence-electron chi connectivity index (χ1n) is 25.7. The lowest BCUT2D eigenvalue weighted by molar-refractivity contribution is 0.635. The summed E-state index contributed by atoms with van der Waals surface area (Å²) in [7, 11) is 0. The number of hydrogen-bond acceptors (Lipinski definition) is 7. The average molecular weight is 1020 g/mol. The van der Waals surface area contributed by atoms with Crippen LogP contribution in [0.25, 0.3) is 168 Å². The maximum absolute atomic E-state index is 7.12. The van der Waals surface area contributed by atoms with Crippen LogP contribution in [-0.4, -0.2) is 19.5 Å². The lowest BCUT2D eigenvalue weighted by Gasteiger charge is -2.21. The Morgan fingerprint density at radius 1 is 0.299 bits per heavy atom. The molecule has 0 aliphatic carbocycles. The molecule has 11 aromatic carbocycles. The number of benzene rings is 11.